The monoisotopic (exact) mass is 463 g/mol. The normalized spacial score (nSPS) is 27.5. The Kier molecular flexibility index (Phi) is 8.58. The highest BCUT2D eigenvalue weighted by atomic mass is 127. The van der Waals surface area contributed by atoms with Crippen molar-refractivity contribution in [2.75, 3.05) is 13.1 Å². The zero-order chi connectivity index (χ0) is 16.9. The predicted octanol–water partition coefficient (Wildman–Crippen LogP) is 3.59. The van der Waals surface area contributed by atoms with Crippen molar-refractivity contribution in [3.8, 4) is 0 Å². The Balaban J connectivity index is 0.00000288. The van der Waals surface area contributed by atoms with Gasteiger partial charge in [-0.25, -0.2) is 0 Å². The summed E-state index contributed by atoms with van der Waals surface area (Å²) in [6.45, 7) is 2.86. The van der Waals surface area contributed by atoms with Crippen LogP contribution in [0.5, 0.6) is 0 Å². The number of aliphatic hydroxyl groups is 1. The third-order valence-corrected chi connectivity index (χ3v) is 4.89. The first-order valence-corrected chi connectivity index (χ1v) is 8.66. The summed E-state index contributed by atoms with van der Waals surface area (Å²) in [6, 6.07) is -0.216. The van der Waals surface area contributed by atoms with Crippen molar-refractivity contribution in [1.82, 2.24) is 10.6 Å². The molecule has 0 heterocycles. The van der Waals surface area contributed by atoms with Crippen LogP contribution in [0.4, 0.5) is 13.2 Å². The molecule has 2 aliphatic carbocycles. The minimum Gasteiger partial charge on any atom is -0.388 e. The molecule has 4 nitrogen and oxygen atoms in total. The van der Waals surface area contributed by atoms with Gasteiger partial charge in [-0.1, -0.05) is 19.3 Å². The fourth-order valence-electron chi connectivity index (χ4n) is 3.55. The molecule has 3 N–H and O–H groups in total. The molecule has 0 bridgehead atoms. The van der Waals surface area contributed by atoms with Crippen molar-refractivity contribution in [2.45, 2.75) is 76.1 Å². The van der Waals surface area contributed by atoms with Crippen LogP contribution in [-0.2, 0) is 0 Å². The Morgan fingerprint density at radius 2 is 1.88 bits per heavy atom. The molecule has 2 rings (SSSR count). The highest BCUT2D eigenvalue weighted by Gasteiger charge is 2.42. The molecule has 0 amide bonds. The first-order chi connectivity index (χ1) is 10.8. The quantitative estimate of drug-likeness (QED) is 0.340. The van der Waals surface area contributed by atoms with Crippen LogP contribution >= 0.6 is 24.0 Å². The number of guanidine groups is 1. The molecule has 0 radical (unpaired) electrons. The summed E-state index contributed by atoms with van der Waals surface area (Å²) >= 11 is 0. The van der Waals surface area contributed by atoms with Crippen LogP contribution in [-0.4, -0.2) is 42.0 Å². The lowest BCUT2D eigenvalue weighted by atomic mass is 9.85. The van der Waals surface area contributed by atoms with E-state index in [-0.39, 0.29) is 42.9 Å². The topological polar surface area (TPSA) is 56.7 Å². The summed E-state index contributed by atoms with van der Waals surface area (Å²) in [5.74, 6) is -0.712. The van der Waals surface area contributed by atoms with E-state index >= 15 is 0 Å². The zero-order valence-corrected chi connectivity index (χ0v) is 16.5. The van der Waals surface area contributed by atoms with Crippen molar-refractivity contribution in [3.63, 3.8) is 0 Å². The van der Waals surface area contributed by atoms with Gasteiger partial charge in [0.1, 0.15) is 0 Å². The molecule has 0 aromatic carbocycles. The summed E-state index contributed by atoms with van der Waals surface area (Å²) in [4.78, 5) is 4.41. The molecule has 142 valence electrons. The molecule has 2 unspecified atom stereocenters. The van der Waals surface area contributed by atoms with E-state index in [1.165, 1.54) is 0 Å². The highest BCUT2D eigenvalue weighted by molar-refractivity contribution is 14.0. The van der Waals surface area contributed by atoms with Gasteiger partial charge in [-0.2, -0.15) is 13.2 Å². The summed E-state index contributed by atoms with van der Waals surface area (Å²) in [6.07, 6.45) is 0.997. The van der Waals surface area contributed by atoms with Crippen LogP contribution < -0.4 is 10.6 Å². The second-order valence-corrected chi connectivity index (χ2v) is 6.87. The molecule has 0 spiro atoms. The maximum absolute atomic E-state index is 12.9. The van der Waals surface area contributed by atoms with Gasteiger partial charge in [0.2, 0.25) is 0 Å². The average Bonchev–Trinajstić information content (AvgIpc) is 2.92. The number of halogens is 4. The molecule has 2 saturated carbocycles. The van der Waals surface area contributed by atoms with Gasteiger partial charge < -0.3 is 15.7 Å². The Morgan fingerprint density at radius 1 is 1.21 bits per heavy atom. The first kappa shape index (κ1) is 21.8. The lowest BCUT2D eigenvalue weighted by Gasteiger charge is -2.32. The molecule has 0 aromatic heterocycles. The minimum atomic E-state index is -4.12. The van der Waals surface area contributed by atoms with Crippen molar-refractivity contribution in [3.05, 3.63) is 0 Å². The van der Waals surface area contributed by atoms with E-state index in [1.807, 2.05) is 6.92 Å². The Labute approximate surface area is 159 Å². The van der Waals surface area contributed by atoms with E-state index in [0.717, 1.165) is 32.1 Å². The van der Waals surface area contributed by atoms with Gasteiger partial charge in [0.15, 0.2) is 5.96 Å². The van der Waals surface area contributed by atoms with Gasteiger partial charge in [-0.3, -0.25) is 4.99 Å². The Bertz CT molecular complexity index is 412. The third kappa shape index (κ3) is 6.57. The van der Waals surface area contributed by atoms with Crippen LogP contribution in [0.1, 0.15) is 58.3 Å². The summed E-state index contributed by atoms with van der Waals surface area (Å²) in [5, 5.41) is 16.6. The largest absolute Gasteiger partial charge is 0.391 e. The summed E-state index contributed by atoms with van der Waals surface area (Å²) in [7, 11) is 0. The molecular formula is C16H29F3IN3O. The maximum Gasteiger partial charge on any atom is 0.391 e. The zero-order valence-electron chi connectivity index (χ0n) is 14.2. The summed E-state index contributed by atoms with van der Waals surface area (Å²) in [5.41, 5.74) is -0.747. The Hall–Kier alpha value is -0.250. The molecule has 8 heteroatoms. The number of nitrogens with zero attached hydrogens (tertiary/aromatic N) is 1. The first-order valence-electron chi connectivity index (χ1n) is 8.66. The standard InChI is InChI=1S/C16H28F3N3O.HI/c1-2-20-14(21-11-15(23)8-3-4-9-15)22-13-7-5-6-12(10-13)16(17,18)19;/h12-13,23H,2-11H2,1H3,(H2,20,21,22);1H. The van der Waals surface area contributed by atoms with Gasteiger partial charge in [0, 0.05) is 12.6 Å². The predicted molar refractivity (Wildman–Crippen MR) is 99.7 cm³/mol. The van der Waals surface area contributed by atoms with E-state index in [2.05, 4.69) is 15.6 Å². The van der Waals surface area contributed by atoms with Gasteiger partial charge >= 0.3 is 6.18 Å². The lowest BCUT2D eigenvalue weighted by molar-refractivity contribution is -0.183. The fraction of sp³-hybridized carbons (Fsp3) is 0.938. The lowest BCUT2D eigenvalue weighted by Crippen LogP contribution is -2.47. The van der Waals surface area contributed by atoms with Crippen molar-refractivity contribution in [2.24, 2.45) is 10.9 Å². The van der Waals surface area contributed by atoms with E-state index in [4.69, 9.17) is 0 Å². The average molecular weight is 463 g/mol. The molecule has 2 fully saturated rings. The molecule has 0 saturated heterocycles. The van der Waals surface area contributed by atoms with E-state index in [9.17, 15) is 18.3 Å². The van der Waals surface area contributed by atoms with Crippen LogP contribution in [0.2, 0.25) is 0 Å². The molecule has 0 aromatic rings. The molecular weight excluding hydrogens is 434 g/mol. The molecule has 2 atom stereocenters. The fourth-order valence-corrected chi connectivity index (χ4v) is 3.55. The molecule has 24 heavy (non-hydrogen) atoms. The van der Waals surface area contributed by atoms with Gasteiger partial charge in [-0.05, 0) is 39.0 Å². The second-order valence-electron chi connectivity index (χ2n) is 6.87. The minimum absolute atomic E-state index is 0. The number of hydrogen-bond acceptors (Lipinski definition) is 2. The highest BCUT2D eigenvalue weighted by Crippen LogP contribution is 2.37. The second kappa shape index (κ2) is 9.45. The maximum atomic E-state index is 12.9. The van der Waals surface area contributed by atoms with E-state index in [1.54, 1.807) is 0 Å². The van der Waals surface area contributed by atoms with Gasteiger partial charge in [-0.15, -0.1) is 24.0 Å². The SMILES string of the molecule is CCNC(=NCC1(O)CCCC1)NC1CCCC(C(F)(F)F)C1.I. The summed E-state index contributed by atoms with van der Waals surface area (Å²) < 4.78 is 38.7. The van der Waals surface area contributed by atoms with Crippen LogP contribution in [0.3, 0.4) is 0 Å². The number of hydrogen-bond donors (Lipinski definition) is 3. The third-order valence-electron chi connectivity index (χ3n) is 4.89. The molecule has 2 aliphatic rings. The number of rotatable bonds is 4. The van der Waals surface area contributed by atoms with Crippen LogP contribution in [0.25, 0.3) is 0 Å². The van der Waals surface area contributed by atoms with E-state index < -0.39 is 17.7 Å². The van der Waals surface area contributed by atoms with Crippen molar-refractivity contribution in [1.29, 1.82) is 0 Å². The molecule has 0 aliphatic heterocycles. The Morgan fingerprint density at radius 3 is 2.46 bits per heavy atom. The van der Waals surface area contributed by atoms with Crippen molar-refractivity contribution < 1.29 is 18.3 Å². The van der Waals surface area contributed by atoms with Crippen molar-refractivity contribution >= 4 is 29.9 Å². The van der Waals surface area contributed by atoms with Crippen LogP contribution in [0.15, 0.2) is 4.99 Å². The van der Waals surface area contributed by atoms with Gasteiger partial charge in [0.05, 0.1) is 18.1 Å². The smallest absolute Gasteiger partial charge is 0.388 e. The van der Waals surface area contributed by atoms with Crippen LogP contribution in [0, 0.1) is 5.92 Å². The number of nitrogens with one attached hydrogen (secondary N) is 2. The number of alkyl halides is 3. The number of aliphatic imine (C=N–C) groups is 1. The van der Waals surface area contributed by atoms with E-state index in [0.29, 0.717) is 25.5 Å². The van der Waals surface area contributed by atoms with Gasteiger partial charge in [0.25, 0.3) is 0 Å².